The summed E-state index contributed by atoms with van der Waals surface area (Å²) >= 11 is 0. The van der Waals surface area contributed by atoms with Gasteiger partial charge in [-0.25, -0.2) is 4.39 Å². The van der Waals surface area contributed by atoms with E-state index in [1.807, 2.05) is 12.1 Å². The highest BCUT2D eigenvalue weighted by Crippen LogP contribution is 2.23. The van der Waals surface area contributed by atoms with Crippen LogP contribution in [0.5, 0.6) is 0 Å². The van der Waals surface area contributed by atoms with Gasteiger partial charge in [-0.05, 0) is 42.6 Å². The molecule has 0 spiro atoms. The van der Waals surface area contributed by atoms with Crippen LogP contribution in [-0.2, 0) is 11.2 Å². The lowest BCUT2D eigenvalue weighted by Gasteiger charge is -2.27. The summed E-state index contributed by atoms with van der Waals surface area (Å²) in [5.41, 5.74) is 2.99. The van der Waals surface area contributed by atoms with E-state index in [1.54, 1.807) is 25.1 Å². The minimum atomic E-state index is -0.505. The molecule has 1 amide bonds. The van der Waals surface area contributed by atoms with Crippen LogP contribution < -0.4 is 10.6 Å². The van der Waals surface area contributed by atoms with E-state index in [0.717, 1.165) is 13.0 Å². The molecule has 23 heavy (non-hydrogen) atoms. The molecule has 0 bridgehead atoms. The van der Waals surface area contributed by atoms with Crippen LogP contribution in [0.1, 0.15) is 35.6 Å². The molecule has 2 unspecified atom stereocenters. The van der Waals surface area contributed by atoms with Gasteiger partial charge in [-0.3, -0.25) is 4.79 Å². The van der Waals surface area contributed by atoms with Crippen molar-refractivity contribution in [1.29, 1.82) is 0 Å². The molecule has 2 aromatic carbocycles. The van der Waals surface area contributed by atoms with Gasteiger partial charge in [-0.1, -0.05) is 42.5 Å². The average molecular weight is 312 g/mol. The van der Waals surface area contributed by atoms with Crippen LogP contribution in [0.4, 0.5) is 4.39 Å². The molecule has 2 aromatic rings. The van der Waals surface area contributed by atoms with Crippen LogP contribution >= 0.6 is 0 Å². The normalized spacial score (nSPS) is 18.1. The first-order valence-corrected chi connectivity index (χ1v) is 8.00. The van der Waals surface area contributed by atoms with Crippen LogP contribution in [0.3, 0.4) is 0 Å². The van der Waals surface area contributed by atoms with Crippen molar-refractivity contribution in [1.82, 2.24) is 10.6 Å². The van der Waals surface area contributed by atoms with Crippen LogP contribution in [0.2, 0.25) is 0 Å². The molecule has 1 aliphatic rings. The van der Waals surface area contributed by atoms with Gasteiger partial charge in [-0.15, -0.1) is 0 Å². The van der Waals surface area contributed by atoms with E-state index in [2.05, 4.69) is 22.8 Å². The van der Waals surface area contributed by atoms with E-state index < -0.39 is 5.92 Å². The molecule has 0 aromatic heterocycles. The Kier molecular flexibility index (Phi) is 4.72. The summed E-state index contributed by atoms with van der Waals surface area (Å²) in [6, 6.07) is 14.8. The molecule has 0 aliphatic carbocycles. The molecule has 3 nitrogen and oxygen atoms in total. The van der Waals surface area contributed by atoms with Crippen molar-refractivity contribution in [3.8, 4) is 0 Å². The van der Waals surface area contributed by atoms with Gasteiger partial charge < -0.3 is 10.6 Å². The fraction of sp³-hybridized carbons (Fsp3) is 0.316. The van der Waals surface area contributed by atoms with E-state index in [0.29, 0.717) is 12.1 Å². The summed E-state index contributed by atoms with van der Waals surface area (Å²) in [7, 11) is 0. The first-order chi connectivity index (χ1) is 11.2. The Labute approximate surface area is 135 Å². The monoisotopic (exact) mass is 312 g/mol. The first kappa shape index (κ1) is 15.7. The summed E-state index contributed by atoms with van der Waals surface area (Å²) in [6.07, 6.45) is 1.01. The number of rotatable bonds is 4. The van der Waals surface area contributed by atoms with Gasteiger partial charge in [0.15, 0.2) is 0 Å². The quantitative estimate of drug-likeness (QED) is 0.911. The highest BCUT2D eigenvalue weighted by atomic mass is 19.1. The molecule has 0 saturated carbocycles. The first-order valence-electron chi connectivity index (χ1n) is 8.00. The number of carbonyl (C=O) groups is 1. The van der Waals surface area contributed by atoms with E-state index in [-0.39, 0.29) is 17.8 Å². The number of hydrogen-bond acceptors (Lipinski definition) is 2. The lowest BCUT2D eigenvalue weighted by molar-refractivity contribution is -0.122. The van der Waals surface area contributed by atoms with Gasteiger partial charge in [-0.2, -0.15) is 0 Å². The van der Waals surface area contributed by atoms with Gasteiger partial charge in [0.05, 0.1) is 5.92 Å². The van der Waals surface area contributed by atoms with Gasteiger partial charge in [0.2, 0.25) is 5.91 Å². The summed E-state index contributed by atoms with van der Waals surface area (Å²) in [6.45, 7) is 3.14. The Morgan fingerprint density at radius 3 is 2.83 bits per heavy atom. The summed E-state index contributed by atoms with van der Waals surface area (Å²) < 4.78 is 13.8. The molecule has 3 rings (SSSR count). The van der Waals surface area contributed by atoms with Gasteiger partial charge >= 0.3 is 0 Å². The number of benzene rings is 2. The molecule has 4 heteroatoms. The molecule has 1 aliphatic heterocycles. The van der Waals surface area contributed by atoms with Gasteiger partial charge in [0.25, 0.3) is 0 Å². The fourth-order valence-electron chi connectivity index (χ4n) is 3.10. The van der Waals surface area contributed by atoms with Crippen molar-refractivity contribution < 1.29 is 9.18 Å². The molecule has 0 fully saturated rings. The van der Waals surface area contributed by atoms with Crippen molar-refractivity contribution >= 4 is 5.91 Å². The lowest BCUT2D eigenvalue weighted by atomic mass is 9.94. The maximum atomic E-state index is 13.8. The maximum absolute atomic E-state index is 13.8. The standard InChI is InChI=1S/C19H21FN2O/c1-13(15-7-4-5-9-17(15)20)19(23)22-12-18-16-8-3-2-6-14(16)10-11-21-18/h2-9,13,18,21H,10-12H2,1H3,(H,22,23). The van der Waals surface area contributed by atoms with E-state index in [4.69, 9.17) is 0 Å². The number of fused-ring (bicyclic) bond motifs is 1. The highest BCUT2D eigenvalue weighted by Gasteiger charge is 2.22. The number of hydrogen-bond donors (Lipinski definition) is 2. The second kappa shape index (κ2) is 6.92. The van der Waals surface area contributed by atoms with E-state index >= 15 is 0 Å². The predicted molar refractivity (Wildman–Crippen MR) is 88.7 cm³/mol. The number of halogens is 1. The average Bonchev–Trinajstić information content (AvgIpc) is 2.59. The van der Waals surface area contributed by atoms with Crippen molar-refractivity contribution in [2.45, 2.75) is 25.3 Å². The van der Waals surface area contributed by atoms with Gasteiger partial charge in [0.1, 0.15) is 5.82 Å². The zero-order valence-electron chi connectivity index (χ0n) is 13.2. The molecule has 0 radical (unpaired) electrons. The van der Waals surface area contributed by atoms with Crippen LogP contribution in [-0.4, -0.2) is 19.0 Å². The summed E-state index contributed by atoms with van der Waals surface area (Å²) in [5, 5.41) is 6.38. The summed E-state index contributed by atoms with van der Waals surface area (Å²) in [5.74, 6) is -0.994. The van der Waals surface area contributed by atoms with Crippen molar-refractivity contribution in [2.24, 2.45) is 0 Å². The fourth-order valence-corrected chi connectivity index (χ4v) is 3.10. The molecule has 0 saturated heterocycles. The van der Waals surface area contributed by atoms with E-state index in [9.17, 15) is 9.18 Å². The summed E-state index contributed by atoms with van der Waals surface area (Å²) in [4.78, 5) is 12.3. The van der Waals surface area contributed by atoms with Crippen LogP contribution in [0, 0.1) is 5.82 Å². The van der Waals surface area contributed by atoms with Crippen molar-refractivity contribution in [2.75, 3.05) is 13.1 Å². The van der Waals surface area contributed by atoms with E-state index in [1.165, 1.54) is 17.2 Å². The largest absolute Gasteiger partial charge is 0.354 e. The zero-order chi connectivity index (χ0) is 16.2. The third-order valence-electron chi connectivity index (χ3n) is 4.46. The van der Waals surface area contributed by atoms with Gasteiger partial charge in [0, 0.05) is 12.6 Å². The third-order valence-corrected chi connectivity index (χ3v) is 4.46. The Hall–Kier alpha value is -2.20. The Morgan fingerprint density at radius 2 is 2.00 bits per heavy atom. The molecular formula is C19H21FN2O. The number of carbonyl (C=O) groups excluding carboxylic acids is 1. The SMILES string of the molecule is CC(C(=O)NCC1NCCc2ccccc21)c1ccccc1F. The Bertz CT molecular complexity index is 701. The Balaban J connectivity index is 1.65. The molecule has 2 atom stereocenters. The second-order valence-electron chi connectivity index (χ2n) is 5.94. The zero-order valence-corrected chi connectivity index (χ0v) is 13.2. The number of amides is 1. The Morgan fingerprint density at radius 1 is 1.26 bits per heavy atom. The molecular weight excluding hydrogens is 291 g/mol. The minimum Gasteiger partial charge on any atom is -0.354 e. The predicted octanol–water partition coefficient (Wildman–Crippen LogP) is 2.93. The topological polar surface area (TPSA) is 41.1 Å². The van der Waals surface area contributed by atoms with Crippen LogP contribution in [0.15, 0.2) is 48.5 Å². The highest BCUT2D eigenvalue weighted by molar-refractivity contribution is 5.83. The molecule has 2 N–H and O–H groups in total. The maximum Gasteiger partial charge on any atom is 0.227 e. The van der Waals surface area contributed by atoms with Crippen molar-refractivity contribution in [3.05, 3.63) is 71.0 Å². The second-order valence-corrected chi connectivity index (χ2v) is 5.94. The number of nitrogens with one attached hydrogen (secondary N) is 2. The smallest absolute Gasteiger partial charge is 0.227 e. The van der Waals surface area contributed by atoms with Crippen molar-refractivity contribution in [3.63, 3.8) is 0 Å². The molecule has 1 heterocycles. The molecule has 120 valence electrons. The van der Waals surface area contributed by atoms with Crippen LogP contribution in [0.25, 0.3) is 0 Å². The third kappa shape index (κ3) is 3.42. The minimum absolute atomic E-state index is 0.108. The lowest BCUT2D eigenvalue weighted by Crippen LogP contribution is -2.40.